The molecule has 3 amide bonds. The van der Waals surface area contributed by atoms with Crippen molar-refractivity contribution in [1.29, 1.82) is 0 Å². The molecule has 0 aromatic carbocycles. The monoisotopic (exact) mass is 582 g/mol. The van der Waals surface area contributed by atoms with Crippen LogP contribution in [0.2, 0.25) is 0 Å². The fourth-order valence-corrected chi connectivity index (χ4v) is 8.17. The van der Waals surface area contributed by atoms with Crippen LogP contribution in [0, 0.1) is 17.8 Å². The second kappa shape index (κ2) is 13.2. The number of halogens is 2. The number of aliphatic imine (C=N–C) groups is 1. The first-order valence-electron chi connectivity index (χ1n) is 15.6. The maximum Gasteiger partial charge on any atom is 0.326 e. The number of urea groups is 1. The van der Waals surface area contributed by atoms with E-state index < -0.39 is 6.17 Å². The quantitative estimate of drug-likeness (QED) is 0.451. The van der Waals surface area contributed by atoms with Gasteiger partial charge in [0.25, 0.3) is 0 Å². The molecule has 0 radical (unpaired) electrons. The number of carbonyl (C=O) groups is 2. The smallest absolute Gasteiger partial charge is 0.326 e. The Morgan fingerprint density at radius 2 is 1.85 bits per heavy atom. The molecule has 0 aromatic rings. The Kier molecular flexibility index (Phi) is 9.94. The molecule has 4 fully saturated rings. The van der Waals surface area contributed by atoms with Crippen LogP contribution in [0.3, 0.4) is 0 Å². The Labute approximate surface area is 243 Å². The van der Waals surface area contributed by atoms with Gasteiger partial charge in [-0.1, -0.05) is 6.42 Å². The second-order valence-electron chi connectivity index (χ2n) is 12.9. The normalized spacial score (nSPS) is 39.3. The van der Waals surface area contributed by atoms with Crippen LogP contribution in [-0.2, 0) is 14.3 Å². The van der Waals surface area contributed by atoms with Gasteiger partial charge < -0.3 is 19.7 Å². The molecule has 2 aliphatic heterocycles. The molecule has 5 unspecified atom stereocenters. The summed E-state index contributed by atoms with van der Waals surface area (Å²) in [5, 5.41) is 3.00. The highest BCUT2D eigenvalue weighted by atomic mass is 35.5. The summed E-state index contributed by atoms with van der Waals surface area (Å²) in [5.41, 5.74) is 0. The van der Waals surface area contributed by atoms with Gasteiger partial charge in [0.15, 0.2) is 0 Å². The van der Waals surface area contributed by atoms with Crippen molar-refractivity contribution < 1.29 is 23.5 Å². The maximum atomic E-state index is 14.8. The fourth-order valence-electron chi connectivity index (χ4n) is 7.92. The van der Waals surface area contributed by atoms with Crippen molar-refractivity contribution in [3.05, 3.63) is 0 Å². The first-order valence-corrected chi connectivity index (χ1v) is 16.1. The zero-order valence-corrected chi connectivity index (χ0v) is 25.2. The van der Waals surface area contributed by atoms with Gasteiger partial charge in [0.2, 0.25) is 5.91 Å². The highest BCUT2D eigenvalue weighted by Gasteiger charge is 2.52. The van der Waals surface area contributed by atoms with Gasteiger partial charge in [-0.25, -0.2) is 9.18 Å². The van der Waals surface area contributed by atoms with Crippen LogP contribution in [-0.4, -0.2) is 96.3 Å². The highest BCUT2D eigenvalue weighted by molar-refractivity contribution is 6.20. The van der Waals surface area contributed by atoms with Crippen LogP contribution < -0.4 is 5.32 Å². The third-order valence-corrected chi connectivity index (χ3v) is 10.3. The van der Waals surface area contributed by atoms with E-state index in [1.165, 1.54) is 0 Å². The van der Waals surface area contributed by atoms with E-state index >= 15 is 0 Å². The number of nitrogens with zero attached hydrogens (tertiary/aromatic N) is 3. The molecule has 8 nitrogen and oxygen atoms in total. The lowest BCUT2D eigenvalue weighted by Crippen LogP contribution is -2.60. The van der Waals surface area contributed by atoms with Crippen LogP contribution in [0.1, 0.15) is 84.5 Å². The number of hydrogen-bond donors (Lipinski definition) is 1. The second-order valence-corrected chi connectivity index (χ2v) is 13.5. The molecule has 3 aliphatic carbocycles. The van der Waals surface area contributed by atoms with Crippen LogP contribution >= 0.6 is 11.6 Å². The van der Waals surface area contributed by atoms with Crippen LogP contribution in [0.15, 0.2) is 4.99 Å². The molecule has 0 bridgehead atoms. The third kappa shape index (κ3) is 6.62. The van der Waals surface area contributed by atoms with Crippen LogP contribution in [0.4, 0.5) is 9.18 Å². The summed E-state index contributed by atoms with van der Waals surface area (Å²) >= 11 is 6.54. The average molecular weight is 583 g/mol. The number of nitrogens with one attached hydrogen (secondary N) is 1. The lowest BCUT2D eigenvalue weighted by molar-refractivity contribution is -0.123. The summed E-state index contributed by atoms with van der Waals surface area (Å²) in [4.78, 5) is 35.9. The lowest BCUT2D eigenvalue weighted by atomic mass is 9.74. The van der Waals surface area contributed by atoms with Crippen molar-refractivity contribution in [3.63, 3.8) is 0 Å². The predicted octanol–water partition coefficient (Wildman–Crippen LogP) is 4.92. The van der Waals surface area contributed by atoms with E-state index in [1.54, 1.807) is 12.0 Å². The summed E-state index contributed by atoms with van der Waals surface area (Å²) in [7, 11) is 1.75. The van der Waals surface area contributed by atoms with Gasteiger partial charge in [-0.05, 0) is 83.5 Å². The predicted molar refractivity (Wildman–Crippen MR) is 153 cm³/mol. The zero-order chi connectivity index (χ0) is 28.4. The number of rotatable bonds is 6. The number of alkyl halides is 2. The molecule has 1 saturated heterocycles. The maximum absolute atomic E-state index is 14.8. The SMILES string of the molecule is COC1CCC(C2=N[C@H](C3CCCC(F)C3)[C@H](C3CCC(Cl)CC3)N2C(=O)N2CCNC(=O)C2)C(OC(C)C)C1. The number of hydrogen-bond acceptors (Lipinski definition) is 5. The average Bonchev–Trinajstić information content (AvgIpc) is 3.33. The highest BCUT2D eigenvalue weighted by Crippen LogP contribution is 2.45. The van der Waals surface area contributed by atoms with Crippen LogP contribution in [0.5, 0.6) is 0 Å². The standard InChI is InChI=1S/C30H48ClFN4O4/c1-18(2)40-25-16-23(39-3)11-12-24(25)29-34-27(20-5-4-6-22(32)15-20)28(19-7-9-21(31)10-8-19)36(29)30(38)35-14-13-33-26(37)17-35/h18-25,27-28H,4-17H2,1-3H3,(H,33,37)/t19?,20?,21?,22?,23?,24?,25?,27-,28+/m1/s1. The van der Waals surface area contributed by atoms with Crippen molar-refractivity contribution in [2.75, 3.05) is 26.7 Å². The molecule has 0 aromatic heterocycles. The molecule has 2 heterocycles. The summed E-state index contributed by atoms with van der Waals surface area (Å²) in [5.74, 6) is 0.934. The van der Waals surface area contributed by atoms with Gasteiger partial charge in [0, 0.05) is 37.9 Å². The van der Waals surface area contributed by atoms with E-state index in [4.69, 9.17) is 26.1 Å². The molecule has 5 aliphatic rings. The van der Waals surface area contributed by atoms with Crippen molar-refractivity contribution in [1.82, 2.24) is 15.1 Å². The topological polar surface area (TPSA) is 83.5 Å². The summed E-state index contributed by atoms with van der Waals surface area (Å²) < 4.78 is 27.0. The fraction of sp³-hybridized carbons (Fsp3) is 0.900. The number of methoxy groups -OCH3 is 1. The van der Waals surface area contributed by atoms with Crippen molar-refractivity contribution >= 4 is 29.4 Å². The summed E-state index contributed by atoms with van der Waals surface area (Å²) in [6.07, 6.45) is 8.17. The van der Waals surface area contributed by atoms with Gasteiger partial charge in [0.05, 0.1) is 30.4 Å². The van der Waals surface area contributed by atoms with Gasteiger partial charge in [-0.2, -0.15) is 0 Å². The Morgan fingerprint density at radius 3 is 2.52 bits per heavy atom. The zero-order valence-electron chi connectivity index (χ0n) is 24.4. The van der Waals surface area contributed by atoms with Crippen molar-refractivity contribution in [2.45, 2.75) is 126 Å². The minimum atomic E-state index is -0.818. The van der Waals surface area contributed by atoms with Gasteiger partial charge >= 0.3 is 6.03 Å². The molecule has 1 N–H and O–H groups in total. The molecule has 5 rings (SSSR count). The van der Waals surface area contributed by atoms with E-state index in [0.29, 0.717) is 25.9 Å². The number of piperazine rings is 1. The van der Waals surface area contributed by atoms with Gasteiger partial charge in [-0.3, -0.25) is 14.7 Å². The van der Waals surface area contributed by atoms with Crippen molar-refractivity contribution in [3.8, 4) is 0 Å². The molecule has 3 saturated carbocycles. The first kappa shape index (κ1) is 30.0. The summed E-state index contributed by atoms with van der Waals surface area (Å²) in [6.45, 7) is 5.05. The number of amidine groups is 1. The number of amides is 3. The Hall–Kier alpha value is -1.45. The van der Waals surface area contributed by atoms with Crippen molar-refractivity contribution in [2.24, 2.45) is 22.7 Å². The minimum absolute atomic E-state index is 0.0243. The number of ether oxygens (including phenoxy) is 2. The van der Waals surface area contributed by atoms with E-state index in [-0.39, 0.29) is 72.0 Å². The largest absolute Gasteiger partial charge is 0.381 e. The lowest BCUT2D eigenvalue weighted by Gasteiger charge is -2.44. The van der Waals surface area contributed by atoms with E-state index in [0.717, 1.165) is 63.6 Å². The molecule has 0 spiro atoms. The summed E-state index contributed by atoms with van der Waals surface area (Å²) in [6, 6.07) is -0.432. The molecule has 40 heavy (non-hydrogen) atoms. The molecular weight excluding hydrogens is 535 g/mol. The molecule has 10 heteroatoms. The Bertz CT molecular complexity index is 929. The third-order valence-electron chi connectivity index (χ3n) is 9.86. The van der Waals surface area contributed by atoms with Crippen LogP contribution in [0.25, 0.3) is 0 Å². The molecule has 226 valence electrons. The van der Waals surface area contributed by atoms with E-state index in [1.807, 2.05) is 18.7 Å². The Balaban J connectivity index is 1.54. The Morgan fingerprint density at radius 1 is 1.07 bits per heavy atom. The van der Waals surface area contributed by atoms with Gasteiger partial charge in [0.1, 0.15) is 18.6 Å². The molecular formula is C30H48ClFN4O4. The van der Waals surface area contributed by atoms with E-state index in [9.17, 15) is 14.0 Å². The molecule has 7 atom stereocenters. The van der Waals surface area contributed by atoms with Gasteiger partial charge in [-0.15, -0.1) is 11.6 Å². The van der Waals surface area contributed by atoms with E-state index in [2.05, 4.69) is 5.32 Å². The first-order chi connectivity index (χ1) is 19.2. The number of carbonyl (C=O) groups excluding carboxylic acids is 2. The minimum Gasteiger partial charge on any atom is -0.381 e.